The molecule has 0 aliphatic heterocycles. The van der Waals surface area contributed by atoms with Gasteiger partial charge < -0.3 is 15.6 Å². The lowest BCUT2D eigenvalue weighted by molar-refractivity contribution is -0.160. The van der Waals surface area contributed by atoms with Gasteiger partial charge in [0.1, 0.15) is 6.04 Å². The molecule has 0 bridgehead atoms. The molecule has 0 saturated heterocycles. The van der Waals surface area contributed by atoms with Crippen molar-refractivity contribution in [3.63, 3.8) is 0 Å². The minimum Gasteiger partial charge on any atom is -0.481 e. The molecule has 1 atom stereocenters. The van der Waals surface area contributed by atoms with Crippen molar-refractivity contribution in [1.82, 2.24) is 0 Å². The van der Waals surface area contributed by atoms with Crippen molar-refractivity contribution >= 4 is 17.9 Å². The van der Waals surface area contributed by atoms with Gasteiger partial charge in [0.05, 0.1) is 0 Å². The highest BCUT2D eigenvalue weighted by Gasteiger charge is 2.19. The largest absolute Gasteiger partial charge is 0.481 e. The highest BCUT2D eigenvalue weighted by Crippen LogP contribution is 2.11. The molecule has 6 heteroatoms. The lowest BCUT2D eigenvalue weighted by atomic mass is 10.1. The smallest absolute Gasteiger partial charge is 0.330 e. The fourth-order valence-corrected chi connectivity index (χ4v) is 2.22. The van der Waals surface area contributed by atoms with Crippen molar-refractivity contribution in [2.75, 3.05) is 0 Å². The predicted octanol–water partition coefficient (Wildman–Crippen LogP) is 3.17. The van der Waals surface area contributed by atoms with E-state index in [1.807, 2.05) is 0 Å². The van der Waals surface area contributed by atoms with Gasteiger partial charge in [-0.3, -0.25) is 9.59 Å². The lowest BCUT2D eigenvalue weighted by Gasteiger charge is -2.09. The van der Waals surface area contributed by atoms with Crippen LogP contribution in [-0.2, 0) is 19.1 Å². The van der Waals surface area contributed by atoms with Gasteiger partial charge in [-0.2, -0.15) is 0 Å². The van der Waals surface area contributed by atoms with E-state index in [1.165, 1.54) is 38.5 Å². The summed E-state index contributed by atoms with van der Waals surface area (Å²) in [6.45, 7) is 2.20. The average Bonchev–Trinajstić information content (AvgIpc) is 2.50. The Bertz CT molecular complexity index is 357. The maximum atomic E-state index is 11.5. The van der Waals surface area contributed by atoms with Gasteiger partial charge in [0.15, 0.2) is 0 Å². The summed E-state index contributed by atoms with van der Waals surface area (Å²) >= 11 is 0. The Kier molecular flexibility index (Phi) is 13.3. The van der Waals surface area contributed by atoms with Gasteiger partial charge in [0, 0.05) is 12.8 Å². The fourth-order valence-electron chi connectivity index (χ4n) is 2.22. The van der Waals surface area contributed by atoms with Crippen molar-refractivity contribution in [2.24, 2.45) is 5.73 Å². The second-order valence-corrected chi connectivity index (χ2v) is 5.91. The minimum absolute atomic E-state index is 0.0283. The van der Waals surface area contributed by atoms with Crippen LogP contribution in [0.4, 0.5) is 0 Å². The maximum absolute atomic E-state index is 11.5. The number of carboxylic acid groups (broad SMARTS) is 1. The van der Waals surface area contributed by atoms with E-state index in [9.17, 15) is 14.4 Å². The summed E-state index contributed by atoms with van der Waals surface area (Å²) in [5.41, 5.74) is 5.47. The monoisotopic (exact) mass is 329 g/mol. The van der Waals surface area contributed by atoms with Gasteiger partial charge in [-0.1, -0.05) is 58.3 Å². The molecule has 0 fully saturated rings. The Morgan fingerprint density at radius 3 is 1.96 bits per heavy atom. The Morgan fingerprint density at radius 2 is 1.43 bits per heavy atom. The molecule has 134 valence electrons. The molecule has 0 amide bonds. The number of ether oxygens (including phenoxy) is 1. The van der Waals surface area contributed by atoms with E-state index in [-0.39, 0.29) is 19.3 Å². The second-order valence-electron chi connectivity index (χ2n) is 5.91. The Labute approximate surface area is 138 Å². The summed E-state index contributed by atoms with van der Waals surface area (Å²) < 4.78 is 4.62. The number of hydrogen-bond donors (Lipinski definition) is 2. The average molecular weight is 329 g/mol. The number of esters is 2. The zero-order valence-electron chi connectivity index (χ0n) is 14.2. The molecular formula is C17H31NO5. The van der Waals surface area contributed by atoms with Gasteiger partial charge in [-0.25, -0.2) is 4.79 Å². The highest BCUT2D eigenvalue weighted by molar-refractivity contribution is 5.88. The Hall–Kier alpha value is -1.43. The SMILES string of the molecule is CCCCCCCCCCCC(=O)OC(=O)C(N)CCC(=O)O. The lowest BCUT2D eigenvalue weighted by Crippen LogP contribution is -2.34. The van der Waals surface area contributed by atoms with Crippen LogP contribution in [0.5, 0.6) is 0 Å². The molecular weight excluding hydrogens is 298 g/mol. The van der Waals surface area contributed by atoms with E-state index < -0.39 is 23.9 Å². The first kappa shape index (κ1) is 21.6. The predicted molar refractivity (Wildman–Crippen MR) is 87.8 cm³/mol. The number of aliphatic carboxylic acids is 1. The molecule has 6 nitrogen and oxygen atoms in total. The molecule has 0 aromatic carbocycles. The third-order valence-corrected chi connectivity index (χ3v) is 3.67. The normalized spacial score (nSPS) is 11.9. The van der Waals surface area contributed by atoms with Gasteiger partial charge >= 0.3 is 17.9 Å². The summed E-state index contributed by atoms with van der Waals surface area (Å²) in [6.07, 6.45) is 10.2. The van der Waals surface area contributed by atoms with E-state index in [0.29, 0.717) is 6.42 Å². The van der Waals surface area contributed by atoms with Gasteiger partial charge in [-0.05, 0) is 12.8 Å². The zero-order valence-corrected chi connectivity index (χ0v) is 14.2. The van der Waals surface area contributed by atoms with Crippen LogP contribution in [0.3, 0.4) is 0 Å². The van der Waals surface area contributed by atoms with Crippen LogP contribution in [0.1, 0.15) is 84.0 Å². The molecule has 0 aromatic heterocycles. The number of carbonyl (C=O) groups is 3. The molecule has 0 heterocycles. The summed E-state index contributed by atoms with van der Waals surface area (Å²) in [7, 11) is 0. The van der Waals surface area contributed by atoms with Crippen molar-refractivity contribution in [1.29, 1.82) is 0 Å². The minimum atomic E-state index is -1.06. The van der Waals surface area contributed by atoms with Crippen molar-refractivity contribution in [2.45, 2.75) is 90.0 Å². The highest BCUT2D eigenvalue weighted by atomic mass is 16.6. The number of carboxylic acids is 1. The Balaban J connectivity index is 3.55. The first-order valence-corrected chi connectivity index (χ1v) is 8.69. The number of hydrogen-bond acceptors (Lipinski definition) is 5. The van der Waals surface area contributed by atoms with Gasteiger partial charge in [-0.15, -0.1) is 0 Å². The summed E-state index contributed by atoms with van der Waals surface area (Å²) in [4.78, 5) is 33.3. The molecule has 3 N–H and O–H groups in total. The summed E-state index contributed by atoms with van der Waals surface area (Å²) in [6, 6.07) is -1.06. The van der Waals surface area contributed by atoms with Crippen molar-refractivity contribution in [3.05, 3.63) is 0 Å². The van der Waals surface area contributed by atoms with Crippen molar-refractivity contribution < 1.29 is 24.2 Å². The summed E-state index contributed by atoms with van der Waals surface area (Å²) in [5, 5.41) is 8.50. The molecule has 0 aliphatic rings. The van der Waals surface area contributed by atoms with Crippen LogP contribution >= 0.6 is 0 Å². The second kappa shape index (κ2) is 14.2. The molecule has 1 unspecified atom stereocenters. The fraction of sp³-hybridized carbons (Fsp3) is 0.824. The van der Waals surface area contributed by atoms with Crippen LogP contribution in [0.15, 0.2) is 0 Å². The van der Waals surface area contributed by atoms with Gasteiger partial charge in [0.2, 0.25) is 0 Å². The number of nitrogens with two attached hydrogens (primary N) is 1. The zero-order chi connectivity index (χ0) is 17.5. The molecule has 0 saturated carbocycles. The molecule has 0 spiro atoms. The van der Waals surface area contributed by atoms with Crippen LogP contribution in [0.25, 0.3) is 0 Å². The third kappa shape index (κ3) is 13.9. The van der Waals surface area contributed by atoms with E-state index in [1.54, 1.807) is 0 Å². The third-order valence-electron chi connectivity index (χ3n) is 3.67. The Morgan fingerprint density at radius 1 is 0.913 bits per heavy atom. The molecule has 0 aromatic rings. The number of rotatable bonds is 14. The summed E-state index contributed by atoms with van der Waals surface area (Å²) in [5.74, 6) is -2.45. The van der Waals surface area contributed by atoms with Crippen molar-refractivity contribution in [3.8, 4) is 0 Å². The van der Waals surface area contributed by atoms with Crippen LogP contribution in [-0.4, -0.2) is 29.1 Å². The first-order valence-electron chi connectivity index (χ1n) is 8.69. The molecule has 0 radical (unpaired) electrons. The number of carbonyl (C=O) groups excluding carboxylic acids is 2. The van der Waals surface area contributed by atoms with E-state index in [0.717, 1.165) is 12.8 Å². The first-order chi connectivity index (χ1) is 11.0. The quantitative estimate of drug-likeness (QED) is 0.288. The topological polar surface area (TPSA) is 107 Å². The maximum Gasteiger partial charge on any atom is 0.330 e. The van der Waals surface area contributed by atoms with Crippen LogP contribution in [0.2, 0.25) is 0 Å². The molecule has 0 rings (SSSR count). The van der Waals surface area contributed by atoms with Crippen LogP contribution in [0, 0.1) is 0 Å². The van der Waals surface area contributed by atoms with E-state index in [2.05, 4.69) is 11.7 Å². The van der Waals surface area contributed by atoms with Gasteiger partial charge in [0.25, 0.3) is 0 Å². The molecule has 23 heavy (non-hydrogen) atoms. The van der Waals surface area contributed by atoms with E-state index >= 15 is 0 Å². The van der Waals surface area contributed by atoms with E-state index in [4.69, 9.17) is 10.8 Å². The number of unbranched alkanes of at least 4 members (excludes halogenated alkanes) is 8. The standard InChI is InChI=1S/C17H31NO5/c1-2-3-4-5-6-7-8-9-10-11-16(21)23-17(22)14(18)12-13-15(19)20/h14H,2-13,18H2,1H3,(H,19,20). The van der Waals surface area contributed by atoms with Crippen LogP contribution < -0.4 is 5.73 Å². The molecule has 0 aliphatic carbocycles.